The van der Waals surface area contributed by atoms with E-state index in [0.29, 0.717) is 23.4 Å². The third-order valence-corrected chi connectivity index (χ3v) is 6.30. The Morgan fingerprint density at radius 3 is 2.82 bits per heavy atom. The first-order valence-corrected chi connectivity index (χ1v) is 10.9. The van der Waals surface area contributed by atoms with Crippen molar-refractivity contribution >= 4 is 44.4 Å². The molecule has 0 spiro atoms. The number of esters is 1. The lowest BCUT2D eigenvalue weighted by Crippen LogP contribution is -2.23. The summed E-state index contributed by atoms with van der Waals surface area (Å²) in [7, 11) is 0. The first kappa shape index (κ1) is 19.2. The maximum absolute atomic E-state index is 13.3. The number of anilines is 1. The number of hydrogen-bond donors (Lipinski definition) is 1. The Hall–Kier alpha value is -2.15. The van der Waals surface area contributed by atoms with Gasteiger partial charge in [0.1, 0.15) is 5.56 Å². The highest BCUT2D eigenvalue weighted by atomic mass is 79.9. The van der Waals surface area contributed by atoms with Gasteiger partial charge in [0.05, 0.1) is 23.2 Å². The van der Waals surface area contributed by atoms with Crippen molar-refractivity contribution < 1.29 is 14.3 Å². The Morgan fingerprint density at radius 1 is 1.29 bits per heavy atom. The molecule has 1 saturated carbocycles. The molecule has 0 saturated heterocycles. The largest absolute Gasteiger partial charge is 0.462 e. The topological polar surface area (TPSA) is 77.4 Å². The number of nitrogens with one attached hydrogen (secondary N) is 1. The van der Waals surface area contributed by atoms with Gasteiger partial charge in [-0.05, 0) is 30.9 Å². The zero-order chi connectivity index (χ0) is 19.8. The van der Waals surface area contributed by atoms with Gasteiger partial charge in [0.2, 0.25) is 11.3 Å². The number of halogens is 1. The van der Waals surface area contributed by atoms with Crippen molar-refractivity contribution in [2.45, 2.75) is 51.0 Å². The predicted octanol–water partition coefficient (Wildman–Crippen LogP) is 4.11. The molecule has 1 aliphatic carbocycles. The minimum atomic E-state index is -0.602. The number of nitrogens with zero attached hydrogens (tertiary/aromatic N) is 1. The van der Waals surface area contributed by atoms with Gasteiger partial charge in [0, 0.05) is 30.4 Å². The quantitative estimate of drug-likeness (QED) is 0.425. The molecule has 1 aromatic carbocycles. The first-order chi connectivity index (χ1) is 13.5. The highest BCUT2D eigenvalue weighted by Crippen LogP contribution is 2.49. The van der Waals surface area contributed by atoms with Gasteiger partial charge < -0.3 is 14.6 Å². The molecule has 28 heavy (non-hydrogen) atoms. The number of alkyl halides is 1. The van der Waals surface area contributed by atoms with Crippen LogP contribution in [0.3, 0.4) is 0 Å². The number of benzene rings is 1. The van der Waals surface area contributed by atoms with Crippen molar-refractivity contribution in [2.24, 2.45) is 0 Å². The van der Waals surface area contributed by atoms with E-state index in [2.05, 4.69) is 25.8 Å². The predicted molar refractivity (Wildman–Crippen MR) is 111 cm³/mol. The van der Waals surface area contributed by atoms with Crippen molar-refractivity contribution in [3.05, 3.63) is 39.7 Å². The third kappa shape index (κ3) is 3.15. The van der Waals surface area contributed by atoms with Crippen LogP contribution in [-0.2, 0) is 9.53 Å². The lowest BCUT2D eigenvalue weighted by molar-refractivity contribution is -0.114. The molecule has 1 aliphatic heterocycles. The van der Waals surface area contributed by atoms with Crippen molar-refractivity contribution in [1.29, 1.82) is 0 Å². The molecule has 4 rings (SSSR count). The number of hydrogen-bond acceptors (Lipinski definition) is 4. The molecule has 1 N–H and O–H groups in total. The Labute approximate surface area is 171 Å². The fourth-order valence-electron chi connectivity index (χ4n) is 4.62. The molecule has 2 heterocycles. The van der Waals surface area contributed by atoms with E-state index in [-0.39, 0.29) is 29.5 Å². The molecule has 7 heteroatoms. The van der Waals surface area contributed by atoms with Crippen molar-refractivity contribution in [1.82, 2.24) is 4.57 Å². The van der Waals surface area contributed by atoms with Crippen LogP contribution in [0, 0.1) is 0 Å². The standard InChI is InChI=1S/C21H23BrN2O4/c1-12(25)23-16-8-7-14-13-5-2-3-6-17(13)24-11-15(20(26)18(16)19(14)24)21(27)28-10-4-9-22/h7-8,11,13,17H,2-6,9-10H2,1H3,(H,23,25). The monoisotopic (exact) mass is 446 g/mol. The van der Waals surface area contributed by atoms with Crippen LogP contribution in [0.2, 0.25) is 0 Å². The SMILES string of the molecule is CC(=O)Nc1ccc2c3c1c(=O)c(C(=O)OCCCBr)cn3C1CCCCC21. The van der Waals surface area contributed by atoms with E-state index in [1.807, 2.05) is 6.07 Å². The highest BCUT2D eigenvalue weighted by Gasteiger charge is 2.37. The molecule has 2 aromatic rings. The summed E-state index contributed by atoms with van der Waals surface area (Å²) in [5.41, 5.74) is 2.12. The van der Waals surface area contributed by atoms with Gasteiger partial charge in [-0.25, -0.2) is 4.79 Å². The number of amides is 1. The van der Waals surface area contributed by atoms with E-state index in [1.165, 1.54) is 6.92 Å². The molecule has 6 nitrogen and oxygen atoms in total. The fourth-order valence-corrected chi connectivity index (χ4v) is 4.85. The molecule has 1 aromatic heterocycles. The summed E-state index contributed by atoms with van der Waals surface area (Å²) in [4.78, 5) is 37.6. The summed E-state index contributed by atoms with van der Waals surface area (Å²) < 4.78 is 7.39. The minimum Gasteiger partial charge on any atom is -0.462 e. The Balaban J connectivity index is 1.91. The van der Waals surface area contributed by atoms with E-state index in [0.717, 1.165) is 42.1 Å². The van der Waals surface area contributed by atoms with Crippen LogP contribution < -0.4 is 10.7 Å². The molecule has 0 bridgehead atoms. The molecule has 1 fully saturated rings. The molecule has 2 aliphatic rings. The van der Waals surface area contributed by atoms with Gasteiger partial charge in [-0.2, -0.15) is 0 Å². The third-order valence-electron chi connectivity index (χ3n) is 5.74. The second-order valence-electron chi connectivity index (χ2n) is 7.52. The van der Waals surface area contributed by atoms with Gasteiger partial charge >= 0.3 is 5.97 Å². The molecular weight excluding hydrogens is 424 g/mol. The van der Waals surface area contributed by atoms with Crippen molar-refractivity contribution in [2.75, 3.05) is 17.3 Å². The average molecular weight is 447 g/mol. The highest BCUT2D eigenvalue weighted by molar-refractivity contribution is 9.09. The van der Waals surface area contributed by atoms with Gasteiger partial charge in [-0.15, -0.1) is 0 Å². The average Bonchev–Trinajstić information content (AvgIpc) is 2.99. The van der Waals surface area contributed by atoms with Crippen molar-refractivity contribution in [3.63, 3.8) is 0 Å². The zero-order valence-electron chi connectivity index (χ0n) is 15.8. The van der Waals surface area contributed by atoms with Crippen LogP contribution in [0.5, 0.6) is 0 Å². The second-order valence-corrected chi connectivity index (χ2v) is 8.32. The lowest BCUT2D eigenvalue weighted by Gasteiger charge is -2.27. The number of carbonyl (C=O) groups excluding carboxylic acids is 2. The molecule has 148 valence electrons. The molecular formula is C21H23BrN2O4. The van der Waals surface area contributed by atoms with E-state index in [9.17, 15) is 14.4 Å². The van der Waals surface area contributed by atoms with Gasteiger partial charge in [0.15, 0.2) is 0 Å². The Kier molecular flexibility index (Phi) is 5.27. The Bertz CT molecular complexity index is 1010. The van der Waals surface area contributed by atoms with E-state index in [4.69, 9.17) is 4.74 Å². The number of pyridine rings is 1. The van der Waals surface area contributed by atoms with Crippen molar-refractivity contribution in [3.8, 4) is 0 Å². The Morgan fingerprint density at radius 2 is 2.07 bits per heavy atom. The molecule has 0 radical (unpaired) electrons. The van der Waals surface area contributed by atoms with E-state index < -0.39 is 5.97 Å². The number of aromatic nitrogens is 1. The van der Waals surface area contributed by atoms with Crippen LogP contribution in [0.4, 0.5) is 5.69 Å². The molecule has 1 amide bonds. The fraction of sp³-hybridized carbons (Fsp3) is 0.476. The van der Waals surface area contributed by atoms with Gasteiger partial charge in [0.25, 0.3) is 0 Å². The van der Waals surface area contributed by atoms with Crippen LogP contribution in [0.25, 0.3) is 10.9 Å². The van der Waals surface area contributed by atoms with E-state index >= 15 is 0 Å². The lowest BCUT2D eigenvalue weighted by atomic mass is 9.82. The normalized spacial score (nSPS) is 20.1. The van der Waals surface area contributed by atoms with Gasteiger partial charge in [-0.1, -0.05) is 34.8 Å². The van der Waals surface area contributed by atoms with Gasteiger partial charge in [-0.3, -0.25) is 9.59 Å². The van der Waals surface area contributed by atoms with Crippen LogP contribution in [-0.4, -0.2) is 28.4 Å². The second kappa shape index (κ2) is 7.70. The summed E-state index contributed by atoms with van der Waals surface area (Å²) >= 11 is 3.31. The number of fused-ring (bicyclic) bond motifs is 3. The summed E-state index contributed by atoms with van der Waals surface area (Å²) in [5.74, 6) is -0.501. The number of carbonyl (C=O) groups is 2. The number of ether oxygens (including phenoxy) is 1. The zero-order valence-corrected chi connectivity index (χ0v) is 17.4. The van der Waals surface area contributed by atoms with Crippen LogP contribution in [0.15, 0.2) is 23.1 Å². The summed E-state index contributed by atoms with van der Waals surface area (Å²) in [6, 6.07) is 4.06. The summed E-state index contributed by atoms with van der Waals surface area (Å²) in [6.45, 7) is 1.67. The first-order valence-electron chi connectivity index (χ1n) is 9.75. The van der Waals surface area contributed by atoms with E-state index in [1.54, 1.807) is 12.3 Å². The maximum atomic E-state index is 13.3. The van der Waals surface area contributed by atoms with Crippen LogP contribution in [0.1, 0.15) is 66.9 Å². The molecule has 2 unspecified atom stereocenters. The smallest absolute Gasteiger partial charge is 0.343 e. The summed E-state index contributed by atoms with van der Waals surface area (Å²) in [5, 5.41) is 3.90. The number of rotatable bonds is 5. The summed E-state index contributed by atoms with van der Waals surface area (Å²) in [6.07, 6.45) is 6.74. The van der Waals surface area contributed by atoms with Crippen LogP contribution >= 0.6 is 15.9 Å². The maximum Gasteiger partial charge on any atom is 0.343 e. The molecule has 2 atom stereocenters. The minimum absolute atomic E-state index is 0.0389.